The van der Waals surface area contributed by atoms with Gasteiger partial charge in [0.2, 0.25) is 5.91 Å². The van der Waals surface area contributed by atoms with E-state index >= 15 is 0 Å². The summed E-state index contributed by atoms with van der Waals surface area (Å²) in [5.41, 5.74) is 6.48. The summed E-state index contributed by atoms with van der Waals surface area (Å²) in [4.78, 5) is 11.7. The molecule has 0 fully saturated rings. The molecule has 0 spiro atoms. The van der Waals surface area contributed by atoms with E-state index in [4.69, 9.17) is 5.73 Å². The van der Waals surface area contributed by atoms with Crippen LogP contribution in [0.5, 0.6) is 0 Å². The van der Waals surface area contributed by atoms with Gasteiger partial charge in [0.1, 0.15) is 0 Å². The van der Waals surface area contributed by atoms with Crippen LogP contribution in [0.2, 0.25) is 0 Å². The van der Waals surface area contributed by atoms with Crippen LogP contribution in [-0.2, 0) is 4.79 Å². The first-order valence-corrected chi connectivity index (χ1v) is 5.90. The average molecular weight is 355 g/mol. The molecule has 0 bridgehead atoms. The molecular weight excluding hydrogens is 338 g/mol. The highest BCUT2D eigenvalue weighted by Gasteiger charge is 2.16. The molecule has 0 heterocycles. The third-order valence-electron chi connectivity index (χ3n) is 2.29. The number of carbonyl (C=O) groups is 1. The monoisotopic (exact) mass is 354 g/mol. The number of nitrogens with one attached hydrogen (secondary N) is 1. The number of rotatable bonds is 3. The zero-order chi connectivity index (χ0) is 11.4. The van der Waals surface area contributed by atoms with E-state index in [0.29, 0.717) is 0 Å². The highest BCUT2D eigenvalue weighted by atomic mass is 127. The van der Waals surface area contributed by atoms with Crippen molar-refractivity contribution in [1.29, 1.82) is 0 Å². The molecule has 0 aliphatic heterocycles. The highest BCUT2D eigenvalue weighted by molar-refractivity contribution is 14.1. The Morgan fingerprint density at radius 2 is 2.06 bits per heavy atom. The van der Waals surface area contributed by atoms with Gasteiger partial charge in [-0.2, -0.15) is 0 Å². The lowest BCUT2D eigenvalue weighted by Crippen LogP contribution is -2.34. The molecule has 16 heavy (non-hydrogen) atoms. The second-order valence-electron chi connectivity index (χ2n) is 3.65. The van der Waals surface area contributed by atoms with Gasteiger partial charge in [-0.25, -0.2) is 0 Å². The number of carbonyl (C=O) groups excluding carboxylic acids is 1. The number of halogens is 2. The number of hydrogen-bond acceptors (Lipinski definition) is 2. The Labute approximate surface area is 116 Å². The van der Waals surface area contributed by atoms with Gasteiger partial charge in [-0.15, -0.1) is 12.4 Å². The number of hydrogen-bond donors (Lipinski definition) is 2. The van der Waals surface area contributed by atoms with E-state index in [1.165, 1.54) is 0 Å². The zero-order valence-corrected chi connectivity index (χ0v) is 12.2. The number of anilines is 1. The van der Waals surface area contributed by atoms with Crippen molar-refractivity contribution >= 4 is 46.6 Å². The van der Waals surface area contributed by atoms with E-state index in [-0.39, 0.29) is 30.3 Å². The largest absolute Gasteiger partial charge is 0.327 e. The molecular formula is C11H16ClIN2O. The minimum atomic E-state index is -0.178. The second-order valence-corrected chi connectivity index (χ2v) is 4.89. The molecule has 2 atom stereocenters. The second kappa shape index (κ2) is 7.09. The fraction of sp³-hybridized carbons (Fsp3) is 0.364. The van der Waals surface area contributed by atoms with E-state index in [1.54, 1.807) is 0 Å². The first-order valence-electron chi connectivity index (χ1n) is 4.82. The van der Waals surface area contributed by atoms with Crippen LogP contribution >= 0.6 is 35.0 Å². The smallest absolute Gasteiger partial charge is 0.228 e. The molecule has 3 N–H and O–H groups in total. The van der Waals surface area contributed by atoms with Crippen molar-refractivity contribution in [1.82, 2.24) is 0 Å². The zero-order valence-electron chi connectivity index (χ0n) is 9.24. The highest BCUT2D eigenvalue weighted by Crippen LogP contribution is 2.13. The third kappa shape index (κ3) is 4.67. The maximum absolute atomic E-state index is 11.7. The molecule has 1 aromatic carbocycles. The number of amides is 1. The van der Waals surface area contributed by atoms with Crippen LogP contribution in [0.1, 0.15) is 13.8 Å². The fourth-order valence-corrected chi connectivity index (χ4v) is 1.60. The van der Waals surface area contributed by atoms with E-state index < -0.39 is 0 Å². The topological polar surface area (TPSA) is 55.1 Å². The van der Waals surface area contributed by atoms with Crippen LogP contribution in [-0.4, -0.2) is 11.9 Å². The summed E-state index contributed by atoms with van der Waals surface area (Å²) in [6.07, 6.45) is 0. The van der Waals surface area contributed by atoms with Gasteiger partial charge in [0, 0.05) is 15.3 Å². The molecule has 1 rings (SSSR count). The molecule has 0 aliphatic rings. The predicted octanol–water partition coefficient (Wildman–Crippen LogP) is 2.63. The van der Waals surface area contributed by atoms with Crippen molar-refractivity contribution in [2.75, 3.05) is 5.32 Å². The normalized spacial score (nSPS) is 13.5. The number of nitrogens with two attached hydrogens (primary N) is 1. The first kappa shape index (κ1) is 15.7. The summed E-state index contributed by atoms with van der Waals surface area (Å²) in [5.74, 6) is -0.213. The lowest BCUT2D eigenvalue weighted by atomic mass is 10.0. The molecule has 0 radical (unpaired) electrons. The van der Waals surface area contributed by atoms with Crippen LogP contribution in [0, 0.1) is 9.49 Å². The summed E-state index contributed by atoms with van der Waals surface area (Å²) >= 11 is 2.21. The van der Waals surface area contributed by atoms with Gasteiger partial charge >= 0.3 is 0 Å². The quantitative estimate of drug-likeness (QED) is 0.820. The van der Waals surface area contributed by atoms with Gasteiger partial charge in [-0.1, -0.05) is 13.0 Å². The molecule has 0 aromatic heterocycles. The Morgan fingerprint density at radius 1 is 1.44 bits per heavy atom. The van der Waals surface area contributed by atoms with Crippen molar-refractivity contribution < 1.29 is 4.79 Å². The Hall–Kier alpha value is -0.330. The molecule has 5 heteroatoms. The Balaban J connectivity index is 0.00000225. The third-order valence-corrected chi connectivity index (χ3v) is 2.97. The van der Waals surface area contributed by atoms with Crippen molar-refractivity contribution in [2.45, 2.75) is 19.9 Å². The fourth-order valence-electron chi connectivity index (χ4n) is 1.06. The van der Waals surface area contributed by atoms with Gasteiger partial charge in [-0.05, 0) is 47.7 Å². The SMILES string of the molecule is CC(N)C(C)C(=O)Nc1cccc(I)c1.Cl. The van der Waals surface area contributed by atoms with Crippen LogP contribution in [0.4, 0.5) is 5.69 Å². The minimum absolute atomic E-state index is 0. The van der Waals surface area contributed by atoms with E-state index in [2.05, 4.69) is 27.9 Å². The average Bonchev–Trinajstić information content (AvgIpc) is 2.16. The maximum Gasteiger partial charge on any atom is 0.228 e. The van der Waals surface area contributed by atoms with Crippen molar-refractivity contribution in [3.05, 3.63) is 27.8 Å². The summed E-state index contributed by atoms with van der Waals surface area (Å²) in [7, 11) is 0. The van der Waals surface area contributed by atoms with Crippen LogP contribution in [0.15, 0.2) is 24.3 Å². The van der Waals surface area contributed by atoms with Crippen molar-refractivity contribution in [3.8, 4) is 0 Å². The van der Waals surface area contributed by atoms with Crippen LogP contribution < -0.4 is 11.1 Å². The summed E-state index contributed by atoms with van der Waals surface area (Å²) in [5, 5.41) is 2.84. The van der Waals surface area contributed by atoms with Gasteiger partial charge in [0.05, 0.1) is 5.92 Å². The number of benzene rings is 1. The summed E-state index contributed by atoms with van der Waals surface area (Å²) in [6, 6.07) is 7.55. The van der Waals surface area contributed by atoms with Crippen molar-refractivity contribution in [3.63, 3.8) is 0 Å². The maximum atomic E-state index is 11.7. The Bertz CT molecular complexity index is 358. The minimum Gasteiger partial charge on any atom is -0.327 e. The summed E-state index contributed by atoms with van der Waals surface area (Å²) in [6.45, 7) is 3.66. The summed E-state index contributed by atoms with van der Waals surface area (Å²) < 4.78 is 1.10. The standard InChI is InChI=1S/C11H15IN2O.ClH/c1-7(8(2)13)11(15)14-10-5-3-4-9(12)6-10;/h3-8H,13H2,1-2H3,(H,14,15);1H. The molecule has 3 nitrogen and oxygen atoms in total. The molecule has 0 saturated carbocycles. The van der Waals surface area contributed by atoms with E-state index in [9.17, 15) is 4.79 Å². The molecule has 1 amide bonds. The van der Waals surface area contributed by atoms with Gasteiger partial charge < -0.3 is 11.1 Å². The molecule has 0 saturated heterocycles. The molecule has 0 aliphatic carbocycles. The molecule has 90 valence electrons. The van der Waals surface area contributed by atoms with Gasteiger partial charge in [-0.3, -0.25) is 4.79 Å². The van der Waals surface area contributed by atoms with Crippen LogP contribution in [0.3, 0.4) is 0 Å². The van der Waals surface area contributed by atoms with Gasteiger partial charge in [0.25, 0.3) is 0 Å². The lowest BCUT2D eigenvalue weighted by Gasteiger charge is -2.15. The Morgan fingerprint density at radius 3 is 2.56 bits per heavy atom. The first-order chi connectivity index (χ1) is 7.00. The molecule has 2 unspecified atom stereocenters. The van der Waals surface area contributed by atoms with E-state index in [1.807, 2.05) is 38.1 Å². The van der Waals surface area contributed by atoms with Crippen LogP contribution in [0.25, 0.3) is 0 Å². The predicted molar refractivity (Wildman–Crippen MR) is 77.9 cm³/mol. The lowest BCUT2D eigenvalue weighted by molar-refractivity contribution is -0.119. The molecule has 1 aromatic rings. The van der Waals surface area contributed by atoms with Crippen molar-refractivity contribution in [2.24, 2.45) is 11.7 Å². The van der Waals surface area contributed by atoms with Gasteiger partial charge in [0.15, 0.2) is 0 Å². The Kier molecular flexibility index (Phi) is 6.94. The van der Waals surface area contributed by atoms with E-state index in [0.717, 1.165) is 9.26 Å².